The van der Waals surface area contributed by atoms with E-state index in [1.54, 1.807) is 55.5 Å². The molecule has 3 aromatic rings. The van der Waals surface area contributed by atoms with Crippen molar-refractivity contribution < 1.29 is 23.5 Å². The SMILES string of the molecule is COc1cc(C(C)=NNC(=O)C(=O)Nc2ccc(Cl)cc2)ccc1OCc1c(F)cccc1Cl. The van der Waals surface area contributed by atoms with E-state index in [1.165, 1.54) is 19.2 Å². The number of amides is 2. The highest BCUT2D eigenvalue weighted by molar-refractivity contribution is 6.39. The molecule has 2 amide bonds. The molecule has 2 N–H and O–H groups in total. The van der Waals surface area contributed by atoms with Crippen LogP contribution in [0.2, 0.25) is 10.0 Å². The van der Waals surface area contributed by atoms with E-state index in [9.17, 15) is 14.0 Å². The molecule has 3 rings (SSSR count). The maximum absolute atomic E-state index is 14.0. The summed E-state index contributed by atoms with van der Waals surface area (Å²) in [4.78, 5) is 24.1. The van der Waals surface area contributed by atoms with E-state index in [2.05, 4.69) is 15.8 Å². The highest BCUT2D eigenvalue weighted by Crippen LogP contribution is 2.30. The lowest BCUT2D eigenvalue weighted by Crippen LogP contribution is -2.32. The monoisotopic (exact) mass is 503 g/mol. The number of rotatable bonds is 7. The number of hydrogen-bond donors (Lipinski definition) is 2. The lowest BCUT2D eigenvalue weighted by Gasteiger charge is -2.13. The van der Waals surface area contributed by atoms with E-state index in [1.807, 2.05) is 0 Å². The van der Waals surface area contributed by atoms with Crippen LogP contribution in [-0.4, -0.2) is 24.6 Å². The highest BCUT2D eigenvalue weighted by atomic mass is 35.5. The molecule has 3 aromatic carbocycles. The number of halogens is 3. The molecule has 0 aliphatic heterocycles. The normalized spacial score (nSPS) is 11.0. The van der Waals surface area contributed by atoms with Crippen molar-refractivity contribution in [2.45, 2.75) is 13.5 Å². The number of nitrogens with zero attached hydrogens (tertiary/aromatic N) is 1. The standard InChI is InChI=1S/C24H20Cl2FN3O4/c1-14(29-30-24(32)23(31)28-17-9-7-16(25)8-10-17)15-6-11-21(22(12-15)33-2)34-13-18-19(26)4-3-5-20(18)27/h3-12H,13H2,1-2H3,(H,28,31)(H,30,32). The third kappa shape index (κ3) is 6.46. The van der Waals surface area contributed by atoms with Crippen molar-refractivity contribution in [1.82, 2.24) is 5.43 Å². The minimum Gasteiger partial charge on any atom is -0.493 e. The van der Waals surface area contributed by atoms with Gasteiger partial charge in [-0.15, -0.1) is 0 Å². The maximum Gasteiger partial charge on any atom is 0.329 e. The van der Waals surface area contributed by atoms with Gasteiger partial charge in [0.15, 0.2) is 11.5 Å². The van der Waals surface area contributed by atoms with E-state index in [0.717, 1.165) is 0 Å². The number of nitrogens with one attached hydrogen (secondary N) is 2. The zero-order valence-corrected chi connectivity index (χ0v) is 19.7. The lowest BCUT2D eigenvalue weighted by atomic mass is 10.1. The second-order valence-electron chi connectivity index (χ2n) is 6.95. The molecule has 0 aliphatic carbocycles. The van der Waals surface area contributed by atoms with E-state index >= 15 is 0 Å². The Bertz CT molecular complexity index is 1210. The third-order valence-electron chi connectivity index (χ3n) is 4.65. The van der Waals surface area contributed by atoms with Crippen molar-refractivity contribution in [2.75, 3.05) is 12.4 Å². The van der Waals surface area contributed by atoms with E-state index < -0.39 is 17.6 Å². The molecule has 0 bridgehead atoms. The fraction of sp³-hybridized carbons (Fsp3) is 0.125. The number of hydrazone groups is 1. The second kappa shape index (κ2) is 11.5. The number of carbonyl (C=O) groups excluding carboxylic acids is 2. The van der Waals surface area contributed by atoms with Crippen molar-refractivity contribution in [3.05, 3.63) is 87.7 Å². The zero-order chi connectivity index (χ0) is 24.7. The maximum atomic E-state index is 14.0. The Kier molecular flexibility index (Phi) is 8.45. The van der Waals surface area contributed by atoms with Crippen molar-refractivity contribution in [3.8, 4) is 11.5 Å². The summed E-state index contributed by atoms with van der Waals surface area (Å²) < 4.78 is 25.0. The molecule has 0 saturated carbocycles. The van der Waals surface area contributed by atoms with Gasteiger partial charge in [-0.1, -0.05) is 29.3 Å². The van der Waals surface area contributed by atoms with Gasteiger partial charge in [0.05, 0.1) is 17.8 Å². The second-order valence-corrected chi connectivity index (χ2v) is 7.80. The Hall–Kier alpha value is -3.62. The quantitative estimate of drug-likeness (QED) is 0.263. The molecule has 0 fully saturated rings. The summed E-state index contributed by atoms with van der Waals surface area (Å²) >= 11 is 11.8. The Morgan fingerprint density at radius 2 is 1.74 bits per heavy atom. The molecule has 7 nitrogen and oxygen atoms in total. The minimum absolute atomic E-state index is 0.0902. The largest absolute Gasteiger partial charge is 0.493 e. The summed E-state index contributed by atoms with van der Waals surface area (Å²) in [5.74, 6) is -1.56. The van der Waals surface area contributed by atoms with Gasteiger partial charge < -0.3 is 14.8 Å². The molecule has 0 heterocycles. The van der Waals surface area contributed by atoms with Crippen molar-refractivity contribution in [1.29, 1.82) is 0 Å². The number of methoxy groups -OCH3 is 1. The van der Waals surface area contributed by atoms with Gasteiger partial charge in [-0.25, -0.2) is 9.82 Å². The van der Waals surface area contributed by atoms with Crippen LogP contribution >= 0.6 is 23.2 Å². The fourth-order valence-electron chi connectivity index (χ4n) is 2.80. The predicted octanol–water partition coefficient (Wildman–Crippen LogP) is 5.20. The number of ether oxygens (including phenoxy) is 2. The highest BCUT2D eigenvalue weighted by Gasteiger charge is 2.15. The summed E-state index contributed by atoms with van der Waals surface area (Å²) in [5.41, 5.74) is 3.87. The number of carbonyl (C=O) groups is 2. The van der Waals surface area contributed by atoms with Crippen LogP contribution in [0.5, 0.6) is 11.5 Å². The average molecular weight is 504 g/mol. The van der Waals surface area contributed by atoms with Gasteiger partial charge in [0.1, 0.15) is 12.4 Å². The van der Waals surface area contributed by atoms with Crippen molar-refractivity contribution >= 4 is 46.4 Å². The van der Waals surface area contributed by atoms with Gasteiger partial charge >= 0.3 is 11.8 Å². The van der Waals surface area contributed by atoms with Gasteiger partial charge in [-0.3, -0.25) is 9.59 Å². The van der Waals surface area contributed by atoms with Crippen LogP contribution in [0, 0.1) is 5.82 Å². The van der Waals surface area contributed by atoms with Gasteiger partial charge in [0, 0.05) is 21.8 Å². The van der Waals surface area contributed by atoms with Crippen molar-refractivity contribution in [3.63, 3.8) is 0 Å². The van der Waals surface area contributed by atoms with E-state index in [-0.39, 0.29) is 17.2 Å². The summed E-state index contributed by atoms with van der Waals surface area (Å²) in [5, 5.41) is 7.17. The molecule has 0 aromatic heterocycles. The lowest BCUT2D eigenvalue weighted by molar-refractivity contribution is -0.136. The van der Waals surface area contributed by atoms with Crippen LogP contribution in [0.4, 0.5) is 10.1 Å². The third-order valence-corrected chi connectivity index (χ3v) is 5.25. The van der Waals surface area contributed by atoms with Gasteiger partial charge in [-0.05, 0) is 61.5 Å². The molecule has 10 heteroatoms. The zero-order valence-electron chi connectivity index (χ0n) is 18.2. The molecule has 0 radical (unpaired) electrons. The number of hydrogen-bond acceptors (Lipinski definition) is 5. The number of anilines is 1. The van der Waals surface area contributed by atoms with Gasteiger partial charge in [0.2, 0.25) is 0 Å². The first-order chi connectivity index (χ1) is 16.3. The molecule has 0 aliphatic rings. The smallest absolute Gasteiger partial charge is 0.329 e. The number of benzene rings is 3. The molecule has 34 heavy (non-hydrogen) atoms. The first-order valence-corrected chi connectivity index (χ1v) is 10.7. The van der Waals surface area contributed by atoms with E-state index in [4.69, 9.17) is 32.7 Å². The first-order valence-electron chi connectivity index (χ1n) is 9.93. The summed E-state index contributed by atoms with van der Waals surface area (Å²) in [6, 6.07) is 15.6. The topological polar surface area (TPSA) is 89.0 Å². The molecular formula is C24H20Cl2FN3O4. The molecule has 0 saturated heterocycles. The fourth-order valence-corrected chi connectivity index (χ4v) is 3.15. The summed E-state index contributed by atoms with van der Waals surface area (Å²) in [7, 11) is 1.46. The first kappa shape index (κ1) is 25.0. The van der Waals surface area contributed by atoms with Crippen LogP contribution in [0.3, 0.4) is 0 Å². The summed E-state index contributed by atoms with van der Waals surface area (Å²) in [6.07, 6.45) is 0. The van der Waals surface area contributed by atoms with Crippen LogP contribution in [0.1, 0.15) is 18.1 Å². The molecule has 0 unspecified atom stereocenters. The van der Waals surface area contributed by atoms with Crippen LogP contribution in [-0.2, 0) is 16.2 Å². The Balaban J connectivity index is 1.64. The van der Waals surface area contributed by atoms with Gasteiger partial charge in [-0.2, -0.15) is 5.10 Å². The average Bonchev–Trinajstić information content (AvgIpc) is 2.83. The predicted molar refractivity (Wildman–Crippen MR) is 129 cm³/mol. The van der Waals surface area contributed by atoms with Crippen LogP contribution in [0.15, 0.2) is 65.8 Å². The summed E-state index contributed by atoms with van der Waals surface area (Å²) in [6.45, 7) is 1.55. The molecule has 0 atom stereocenters. The van der Waals surface area contributed by atoms with Gasteiger partial charge in [0.25, 0.3) is 0 Å². The Morgan fingerprint density at radius 3 is 2.41 bits per heavy atom. The van der Waals surface area contributed by atoms with Crippen molar-refractivity contribution in [2.24, 2.45) is 5.10 Å². The van der Waals surface area contributed by atoms with Crippen LogP contribution in [0.25, 0.3) is 0 Å². The molecule has 0 spiro atoms. The molecular weight excluding hydrogens is 484 g/mol. The van der Waals surface area contributed by atoms with Crippen LogP contribution < -0.4 is 20.2 Å². The Labute approximate surface area is 205 Å². The molecule has 176 valence electrons. The Morgan fingerprint density at radius 1 is 1.00 bits per heavy atom. The van der Waals surface area contributed by atoms with E-state index in [0.29, 0.717) is 33.5 Å². The minimum atomic E-state index is -0.942.